The van der Waals surface area contributed by atoms with E-state index < -0.39 is 0 Å². The maximum atomic E-state index is 14.3. The van der Waals surface area contributed by atoms with Crippen LogP contribution < -0.4 is 9.47 Å². The molecule has 254 valence electrons. The number of hydrogen-bond donors (Lipinski definition) is 0. The predicted molar refractivity (Wildman–Crippen MR) is 206 cm³/mol. The summed E-state index contributed by atoms with van der Waals surface area (Å²) in [5.74, 6) is 0.725. The molecule has 2 aliphatic heterocycles. The van der Waals surface area contributed by atoms with Crippen molar-refractivity contribution in [2.75, 3.05) is 0 Å². The number of rotatable bonds is 12. The molecule has 7 rings (SSSR count). The van der Waals surface area contributed by atoms with Crippen molar-refractivity contribution in [3.63, 3.8) is 0 Å². The molecule has 2 aliphatic rings. The topological polar surface area (TPSA) is 59.1 Å². The van der Waals surface area contributed by atoms with Gasteiger partial charge in [-0.05, 0) is 51.9 Å². The first-order chi connectivity index (χ1) is 24.9. The van der Waals surface area contributed by atoms with Gasteiger partial charge in [-0.1, -0.05) is 158 Å². The molecular weight excluding hydrogens is 673 g/mol. The van der Waals surface area contributed by atoms with Crippen LogP contribution in [0.5, 0.6) is 11.5 Å². The summed E-state index contributed by atoms with van der Waals surface area (Å²) in [6.07, 6.45) is 3.62. The van der Waals surface area contributed by atoms with Crippen molar-refractivity contribution in [3.05, 3.63) is 177 Å². The maximum absolute atomic E-state index is 14.3. The lowest BCUT2D eigenvalue weighted by atomic mass is 10.1. The van der Waals surface area contributed by atoms with Gasteiger partial charge in [-0.15, -0.1) is 0 Å². The summed E-state index contributed by atoms with van der Waals surface area (Å²) >= 11 is 2.79. The molecule has 2 heterocycles. The van der Waals surface area contributed by atoms with E-state index in [2.05, 4.69) is 13.2 Å². The van der Waals surface area contributed by atoms with Gasteiger partial charge in [0.15, 0.2) is 0 Å². The van der Waals surface area contributed by atoms with Crippen LogP contribution in [0, 0.1) is 6.92 Å². The lowest BCUT2D eigenvalue weighted by molar-refractivity contribution is -0.149. The molecule has 6 nitrogen and oxygen atoms in total. The molecule has 5 aromatic carbocycles. The second-order valence-electron chi connectivity index (χ2n) is 12.2. The van der Waals surface area contributed by atoms with Gasteiger partial charge in [0.1, 0.15) is 30.3 Å². The van der Waals surface area contributed by atoms with Gasteiger partial charge in [0.25, 0.3) is 11.8 Å². The van der Waals surface area contributed by atoms with E-state index in [4.69, 9.17) is 9.47 Å². The number of fused-ring (bicyclic) bond motifs is 1. The number of ether oxygens (including phenoxy) is 2. The number of amides is 2. The van der Waals surface area contributed by atoms with Crippen LogP contribution in [0.3, 0.4) is 0 Å². The van der Waals surface area contributed by atoms with Gasteiger partial charge < -0.3 is 9.47 Å². The fraction of sp³-hybridized carbons (Fsp3) is 0.116. The smallest absolute Gasteiger partial charge is 0.280 e. The molecule has 0 N–H and O–H groups in total. The molecule has 2 amide bonds. The number of carbonyl (C=O) groups excluding carboxylic acids is 2. The summed E-state index contributed by atoms with van der Waals surface area (Å²) in [6, 6.07) is 37.6. The number of carbonyl (C=O) groups is 2. The van der Waals surface area contributed by atoms with Crippen LogP contribution in [0.4, 0.5) is 0 Å². The first-order valence-electron chi connectivity index (χ1n) is 16.6. The molecule has 1 fully saturated rings. The minimum atomic E-state index is -0.325. The Morgan fingerprint density at radius 1 is 0.608 bits per heavy atom. The quantitative estimate of drug-likeness (QED) is 0.0951. The van der Waals surface area contributed by atoms with Gasteiger partial charge >= 0.3 is 0 Å². The largest absolute Gasteiger partial charge is 0.488 e. The normalized spacial score (nSPS) is 13.8. The first kappa shape index (κ1) is 34.0. The first-order valence-corrected chi connectivity index (χ1v) is 18.2. The Morgan fingerprint density at radius 2 is 1.08 bits per heavy atom. The average molecular weight is 709 g/mol. The molecule has 0 aromatic heterocycles. The third-order valence-electron chi connectivity index (χ3n) is 8.68. The third-order valence-corrected chi connectivity index (χ3v) is 11.3. The standard InChI is InChI=1S/C43H36N2O4S2/c1-4-30-16-20-34(21-17-30)27-48-36-24-29(3)38(49-28-35-22-18-31(5-2)19-23-35)40-39(36)50-43(51-40)37-41(46)44(25-32-12-8-6-9-13-32)45(42(37)47)26-33-14-10-7-11-15-33/h4-24H,1-2,25-28H2,3H3. The van der Waals surface area contributed by atoms with Crippen molar-refractivity contribution >= 4 is 47.5 Å². The molecule has 0 aliphatic carbocycles. The van der Waals surface area contributed by atoms with Crippen molar-refractivity contribution in [3.8, 4) is 11.5 Å². The molecular formula is C43H36N2O4S2. The number of benzene rings is 5. The van der Waals surface area contributed by atoms with E-state index in [0.29, 0.717) is 28.9 Å². The van der Waals surface area contributed by atoms with E-state index in [-0.39, 0.29) is 30.5 Å². The van der Waals surface area contributed by atoms with Crippen LogP contribution in [-0.2, 0) is 35.9 Å². The van der Waals surface area contributed by atoms with Crippen molar-refractivity contribution in [1.82, 2.24) is 10.0 Å². The zero-order valence-corrected chi connectivity index (χ0v) is 29.8. The van der Waals surface area contributed by atoms with Gasteiger partial charge in [-0.2, -0.15) is 0 Å². The zero-order chi connectivity index (χ0) is 35.3. The summed E-state index contributed by atoms with van der Waals surface area (Å²) in [5, 5.41) is 3.13. The number of hydrogen-bond acceptors (Lipinski definition) is 6. The third kappa shape index (κ3) is 7.38. The van der Waals surface area contributed by atoms with Crippen LogP contribution in [0.25, 0.3) is 12.2 Å². The minimum Gasteiger partial charge on any atom is -0.488 e. The summed E-state index contributed by atoms with van der Waals surface area (Å²) in [5.41, 5.74) is 7.01. The highest BCUT2D eigenvalue weighted by molar-refractivity contribution is 8.25. The molecule has 0 radical (unpaired) electrons. The Hall–Kier alpha value is -5.44. The Balaban J connectivity index is 1.24. The van der Waals surface area contributed by atoms with Crippen LogP contribution in [-0.4, -0.2) is 21.8 Å². The second-order valence-corrected chi connectivity index (χ2v) is 14.5. The average Bonchev–Trinajstić information content (AvgIpc) is 3.69. The molecule has 0 spiro atoms. The summed E-state index contributed by atoms with van der Waals surface area (Å²) in [4.78, 5) is 30.3. The van der Waals surface area contributed by atoms with E-state index in [1.807, 2.05) is 134 Å². The maximum Gasteiger partial charge on any atom is 0.280 e. The number of aryl methyl sites for hydroxylation is 1. The van der Waals surface area contributed by atoms with E-state index in [1.54, 1.807) is 10.0 Å². The van der Waals surface area contributed by atoms with Gasteiger partial charge in [0, 0.05) is 0 Å². The zero-order valence-electron chi connectivity index (χ0n) is 28.2. The molecule has 0 unspecified atom stereocenters. The van der Waals surface area contributed by atoms with E-state index >= 15 is 0 Å². The van der Waals surface area contributed by atoms with Crippen molar-refractivity contribution in [1.29, 1.82) is 0 Å². The van der Waals surface area contributed by atoms with Gasteiger partial charge in [-0.25, -0.2) is 10.0 Å². The summed E-state index contributed by atoms with van der Waals surface area (Å²) in [6.45, 7) is 10.9. The molecule has 0 bridgehead atoms. The molecule has 0 saturated carbocycles. The SMILES string of the molecule is C=Cc1ccc(COc2cc(C)c(OCc3ccc(C=C)cc3)c3c2SC(=C2C(=O)N(Cc4ccccc4)N(Cc4ccccc4)C2=O)S3)cc1. The van der Waals surface area contributed by atoms with Crippen LogP contribution in [0.2, 0.25) is 0 Å². The molecule has 1 saturated heterocycles. The summed E-state index contributed by atoms with van der Waals surface area (Å²) < 4.78 is 13.6. The molecule has 8 heteroatoms. The van der Waals surface area contributed by atoms with Crippen molar-refractivity contribution < 1.29 is 19.1 Å². The number of nitrogens with zero attached hydrogens (tertiary/aromatic N) is 2. The second kappa shape index (κ2) is 15.2. The predicted octanol–water partition coefficient (Wildman–Crippen LogP) is 9.83. The lowest BCUT2D eigenvalue weighted by Gasteiger charge is -2.27. The number of hydrazine groups is 1. The van der Waals surface area contributed by atoms with E-state index in [0.717, 1.165) is 48.7 Å². The Labute approximate surface area is 307 Å². The van der Waals surface area contributed by atoms with Gasteiger partial charge in [0.05, 0.1) is 27.1 Å². The monoisotopic (exact) mass is 708 g/mol. The molecule has 51 heavy (non-hydrogen) atoms. The lowest BCUT2D eigenvalue weighted by Crippen LogP contribution is -2.39. The Bertz CT molecular complexity index is 2070. The highest BCUT2D eigenvalue weighted by atomic mass is 32.2. The minimum absolute atomic E-state index is 0.155. The number of thioether (sulfide) groups is 2. The van der Waals surface area contributed by atoms with Crippen LogP contribution in [0.15, 0.2) is 148 Å². The van der Waals surface area contributed by atoms with Crippen LogP contribution >= 0.6 is 23.5 Å². The molecule has 0 atom stereocenters. The van der Waals surface area contributed by atoms with E-state index in [1.165, 1.54) is 23.5 Å². The summed E-state index contributed by atoms with van der Waals surface area (Å²) in [7, 11) is 0. The van der Waals surface area contributed by atoms with Crippen LogP contribution in [0.1, 0.15) is 38.9 Å². The fourth-order valence-corrected chi connectivity index (χ4v) is 8.64. The highest BCUT2D eigenvalue weighted by Crippen LogP contribution is 2.60. The van der Waals surface area contributed by atoms with Crippen molar-refractivity contribution in [2.24, 2.45) is 0 Å². The fourth-order valence-electron chi connectivity index (χ4n) is 5.89. The Morgan fingerprint density at radius 3 is 1.57 bits per heavy atom. The van der Waals surface area contributed by atoms with Gasteiger partial charge in [-0.3, -0.25) is 9.59 Å². The Kier molecular flexibility index (Phi) is 10.1. The van der Waals surface area contributed by atoms with Crippen molar-refractivity contribution in [2.45, 2.75) is 43.0 Å². The molecule has 5 aromatic rings. The van der Waals surface area contributed by atoms with Gasteiger partial charge in [0.2, 0.25) is 0 Å². The van der Waals surface area contributed by atoms with E-state index in [9.17, 15) is 9.59 Å². The highest BCUT2D eigenvalue weighted by Gasteiger charge is 2.45.